The average molecular weight is 262 g/mol. The largest absolute Gasteiger partial charge is 0.476 e. The van der Waals surface area contributed by atoms with E-state index in [1.807, 2.05) is 6.92 Å². The van der Waals surface area contributed by atoms with Gasteiger partial charge in [-0.2, -0.15) is 0 Å². The standard InChI is InChI=1S/C14H18N2O3/c1-4-16-10-7-9(11(17)8-15)5-6-12(10)19-14(2,3)13(16)18/h5-7H,4,8,15H2,1-3H3. The molecule has 0 atom stereocenters. The van der Waals surface area contributed by atoms with Crippen LogP contribution in [0, 0.1) is 0 Å². The number of likely N-dealkylation sites (N-methyl/N-ethyl adjacent to an activating group) is 1. The zero-order valence-electron chi connectivity index (χ0n) is 11.4. The third-order valence-corrected chi connectivity index (χ3v) is 3.20. The van der Waals surface area contributed by atoms with E-state index in [0.29, 0.717) is 23.5 Å². The minimum atomic E-state index is -0.887. The molecule has 1 aromatic carbocycles. The van der Waals surface area contributed by atoms with E-state index < -0.39 is 5.60 Å². The molecule has 0 saturated carbocycles. The molecule has 19 heavy (non-hydrogen) atoms. The third-order valence-electron chi connectivity index (χ3n) is 3.20. The predicted octanol–water partition coefficient (Wildman–Crippen LogP) is 1.35. The van der Waals surface area contributed by atoms with E-state index in [9.17, 15) is 9.59 Å². The zero-order chi connectivity index (χ0) is 14.2. The van der Waals surface area contributed by atoms with Crippen LogP contribution in [0.5, 0.6) is 5.75 Å². The molecule has 5 nitrogen and oxygen atoms in total. The fraction of sp³-hybridized carbons (Fsp3) is 0.429. The van der Waals surface area contributed by atoms with Crippen LogP contribution in [0.4, 0.5) is 5.69 Å². The minimum Gasteiger partial charge on any atom is -0.476 e. The Kier molecular flexibility index (Phi) is 3.32. The first-order chi connectivity index (χ1) is 8.90. The number of hydrogen-bond acceptors (Lipinski definition) is 4. The monoisotopic (exact) mass is 262 g/mol. The molecule has 0 aromatic heterocycles. The first-order valence-corrected chi connectivity index (χ1v) is 6.29. The summed E-state index contributed by atoms with van der Waals surface area (Å²) < 4.78 is 5.70. The van der Waals surface area contributed by atoms with E-state index in [2.05, 4.69) is 0 Å². The molecule has 0 spiro atoms. The fourth-order valence-electron chi connectivity index (χ4n) is 2.17. The summed E-state index contributed by atoms with van der Waals surface area (Å²) in [5, 5.41) is 0. The SMILES string of the molecule is CCN1C(=O)C(C)(C)Oc2ccc(C(=O)CN)cc21. The maximum atomic E-state index is 12.3. The summed E-state index contributed by atoms with van der Waals surface area (Å²) in [5.74, 6) is 0.344. The van der Waals surface area contributed by atoms with Gasteiger partial charge in [-0.3, -0.25) is 9.59 Å². The van der Waals surface area contributed by atoms with Crippen molar-refractivity contribution >= 4 is 17.4 Å². The molecule has 2 rings (SSSR count). The first-order valence-electron chi connectivity index (χ1n) is 6.29. The van der Waals surface area contributed by atoms with Crippen LogP contribution in [0.2, 0.25) is 0 Å². The van der Waals surface area contributed by atoms with E-state index in [4.69, 9.17) is 10.5 Å². The topological polar surface area (TPSA) is 72.6 Å². The number of nitrogens with zero attached hydrogens (tertiary/aromatic N) is 1. The van der Waals surface area contributed by atoms with Crippen molar-refractivity contribution in [1.29, 1.82) is 0 Å². The van der Waals surface area contributed by atoms with Gasteiger partial charge in [-0.15, -0.1) is 0 Å². The molecule has 1 aliphatic rings. The highest BCUT2D eigenvalue weighted by Crippen LogP contribution is 2.38. The van der Waals surface area contributed by atoms with Crippen molar-refractivity contribution in [3.05, 3.63) is 23.8 Å². The van der Waals surface area contributed by atoms with Crippen LogP contribution in [0.25, 0.3) is 0 Å². The molecule has 0 aliphatic carbocycles. The molecule has 0 radical (unpaired) electrons. The van der Waals surface area contributed by atoms with Crippen molar-refractivity contribution in [1.82, 2.24) is 0 Å². The summed E-state index contributed by atoms with van der Waals surface area (Å²) in [5.41, 5.74) is 5.60. The number of rotatable bonds is 3. The Bertz CT molecular complexity index is 537. The normalized spacial score (nSPS) is 16.8. The number of benzene rings is 1. The highest BCUT2D eigenvalue weighted by Gasteiger charge is 2.40. The number of amides is 1. The lowest BCUT2D eigenvalue weighted by molar-refractivity contribution is -0.132. The number of hydrogen-bond donors (Lipinski definition) is 1. The Morgan fingerprint density at radius 2 is 2.11 bits per heavy atom. The van der Waals surface area contributed by atoms with Crippen LogP contribution < -0.4 is 15.4 Å². The highest BCUT2D eigenvalue weighted by molar-refractivity contribution is 6.04. The number of Topliss-reactive ketones (excluding diaryl/α,β-unsaturated/α-hetero) is 1. The molecule has 1 amide bonds. The molecule has 0 bridgehead atoms. The Morgan fingerprint density at radius 1 is 1.42 bits per heavy atom. The number of anilines is 1. The van der Waals surface area contributed by atoms with Gasteiger partial charge in [0.15, 0.2) is 11.4 Å². The Balaban J connectivity index is 2.52. The van der Waals surface area contributed by atoms with Gasteiger partial charge in [-0.1, -0.05) is 0 Å². The van der Waals surface area contributed by atoms with E-state index in [1.54, 1.807) is 36.9 Å². The van der Waals surface area contributed by atoms with Gasteiger partial charge in [0, 0.05) is 12.1 Å². The lowest BCUT2D eigenvalue weighted by Gasteiger charge is -2.38. The number of carbonyl (C=O) groups excluding carboxylic acids is 2. The molecule has 0 unspecified atom stereocenters. The number of ketones is 1. The van der Waals surface area contributed by atoms with Crippen LogP contribution in [0.1, 0.15) is 31.1 Å². The molecule has 1 aromatic rings. The minimum absolute atomic E-state index is 0.0504. The second-order valence-corrected chi connectivity index (χ2v) is 4.97. The summed E-state index contributed by atoms with van der Waals surface area (Å²) in [4.78, 5) is 25.5. The average Bonchev–Trinajstić information content (AvgIpc) is 2.38. The molecule has 0 saturated heterocycles. The molecule has 0 fully saturated rings. The van der Waals surface area contributed by atoms with Gasteiger partial charge in [0.2, 0.25) is 0 Å². The van der Waals surface area contributed by atoms with Gasteiger partial charge in [-0.05, 0) is 39.0 Å². The summed E-state index contributed by atoms with van der Waals surface area (Å²) in [6.45, 7) is 5.84. The van der Waals surface area contributed by atoms with Crippen molar-refractivity contribution in [3.8, 4) is 5.75 Å². The predicted molar refractivity (Wildman–Crippen MR) is 72.6 cm³/mol. The Labute approximate surface area is 112 Å². The van der Waals surface area contributed by atoms with E-state index >= 15 is 0 Å². The van der Waals surface area contributed by atoms with Crippen molar-refractivity contribution in [2.45, 2.75) is 26.4 Å². The highest BCUT2D eigenvalue weighted by atomic mass is 16.5. The van der Waals surface area contributed by atoms with Crippen molar-refractivity contribution in [3.63, 3.8) is 0 Å². The van der Waals surface area contributed by atoms with Gasteiger partial charge in [0.1, 0.15) is 5.75 Å². The summed E-state index contributed by atoms with van der Waals surface area (Å²) in [6, 6.07) is 5.06. The van der Waals surface area contributed by atoms with Gasteiger partial charge >= 0.3 is 0 Å². The number of ether oxygens (including phenoxy) is 1. The molecular weight excluding hydrogens is 244 g/mol. The van der Waals surface area contributed by atoms with Crippen LogP contribution in [0.3, 0.4) is 0 Å². The smallest absolute Gasteiger partial charge is 0.270 e. The van der Waals surface area contributed by atoms with Gasteiger partial charge in [-0.25, -0.2) is 0 Å². The van der Waals surface area contributed by atoms with Crippen molar-refractivity contribution in [2.75, 3.05) is 18.0 Å². The Hall–Kier alpha value is -1.88. The summed E-state index contributed by atoms with van der Waals surface area (Å²) in [7, 11) is 0. The van der Waals surface area contributed by atoms with Gasteiger partial charge in [0.25, 0.3) is 5.91 Å². The number of fused-ring (bicyclic) bond motifs is 1. The summed E-state index contributed by atoms with van der Waals surface area (Å²) >= 11 is 0. The Morgan fingerprint density at radius 3 is 2.68 bits per heavy atom. The third kappa shape index (κ3) is 2.21. The first kappa shape index (κ1) is 13.5. The molecular formula is C14H18N2O3. The van der Waals surface area contributed by atoms with Crippen molar-refractivity contribution in [2.24, 2.45) is 5.73 Å². The van der Waals surface area contributed by atoms with E-state index in [1.165, 1.54) is 0 Å². The van der Waals surface area contributed by atoms with E-state index in [0.717, 1.165) is 0 Å². The van der Waals surface area contributed by atoms with Crippen LogP contribution in [-0.4, -0.2) is 30.4 Å². The van der Waals surface area contributed by atoms with E-state index in [-0.39, 0.29) is 18.2 Å². The number of nitrogens with two attached hydrogens (primary N) is 1. The number of carbonyl (C=O) groups is 2. The lowest BCUT2D eigenvalue weighted by Crippen LogP contribution is -2.52. The quantitative estimate of drug-likeness (QED) is 0.835. The fourth-order valence-corrected chi connectivity index (χ4v) is 2.17. The lowest BCUT2D eigenvalue weighted by atomic mass is 10.0. The summed E-state index contributed by atoms with van der Waals surface area (Å²) in [6.07, 6.45) is 0. The second-order valence-electron chi connectivity index (χ2n) is 4.97. The van der Waals surface area contributed by atoms with Crippen LogP contribution >= 0.6 is 0 Å². The van der Waals surface area contributed by atoms with Crippen molar-refractivity contribution < 1.29 is 14.3 Å². The molecule has 1 aliphatic heterocycles. The second kappa shape index (κ2) is 4.66. The molecule has 1 heterocycles. The molecule has 102 valence electrons. The zero-order valence-corrected chi connectivity index (χ0v) is 11.4. The molecule has 5 heteroatoms. The molecule has 2 N–H and O–H groups in total. The maximum Gasteiger partial charge on any atom is 0.270 e. The van der Waals surface area contributed by atoms with Crippen LogP contribution in [0.15, 0.2) is 18.2 Å². The van der Waals surface area contributed by atoms with Gasteiger partial charge < -0.3 is 15.4 Å². The maximum absolute atomic E-state index is 12.3. The van der Waals surface area contributed by atoms with Gasteiger partial charge in [0.05, 0.1) is 12.2 Å². The van der Waals surface area contributed by atoms with Crippen LogP contribution in [-0.2, 0) is 4.79 Å².